The summed E-state index contributed by atoms with van der Waals surface area (Å²) in [4.78, 5) is 0. The van der Waals surface area contributed by atoms with E-state index in [4.69, 9.17) is 0 Å². The van der Waals surface area contributed by atoms with Gasteiger partial charge in [-0.2, -0.15) is 0 Å². The number of hydrogen-bond donors (Lipinski definition) is 0. The lowest BCUT2D eigenvalue weighted by molar-refractivity contribution is 0.492. The molecule has 0 fully saturated rings. The fourth-order valence-electron chi connectivity index (χ4n) is 1.88. The molecule has 0 heteroatoms. The van der Waals surface area contributed by atoms with Crippen molar-refractivity contribution >= 4 is 5.57 Å². The first-order chi connectivity index (χ1) is 8.59. The van der Waals surface area contributed by atoms with Crippen LogP contribution in [0.5, 0.6) is 0 Å². The van der Waals surface area contributed by atoms with Gasteiger partial charge < -0.3 is 0 Å². The Morgan fingerprint density at radius 2 is 1.83 bits per heavy atom. The lowest BCUT2D eigenvalue weighted by Crippen LogP contribution is -2.10. The predicted octanol–water partition coefficient (Wildman–Crippen LogP) is 5.64. The van der Waals surface area contributed by atoms with Gasteiger partial charge in [0.05, 0.1) is 0 Å². The largest absolute Gasteiger partial charge is 0.103 e. The van der Waals surface area contributed by atoms with Gasteiger partial charge in [-0.05, 0) is 29.4 Å². The number of benzene rings is 1. The van der Waals surface area contributed by atoms with Crippen molar-refractivity contribution in [1.82, 2.24) is 0 Å². The fraction of sp³-hybridized carbons (Fsp3) is 0.333. The number of allylic oxidation sites excluding steroid dienone is 5. The van der Waals surface area contributed by atoms with E-state index in [1.54, 1.807) is 0 Å². The Balaban J connectivity index is 0.000000357. The second kappa shape index (κ2) is 7.00. The molecule has 1 aromatic rings. The Labute approximate surface area is 112 Å². The van der Waals surface area contributed by atoms with Crippen molar-refractivity contribution < 1.29 is 0 Å². The van der Waals surface area contributed by atoms with Gasteiger partial charge in [0.1, 0.15) is 0 Å². The van der Waals surface area contributed by atoms with Crippen LogP contribution >= 0.6 is 0 Å². The third-order valence-electron chi connectivity index (χ3n) is 2.92. The summed E-state index contributed by atoms with van der Waals surface area (Å²) >= 11 is 0. The van der Waals surface area contributed by atoms with E-state index in [0.29, 0.717) is 5.41 Å². The highest BCUT2D eigenvalue weighted by Crippen LogP contribution is 2.35. The molecule has 0 saturated carbocycles. The summed E-state index contributed by atoms with van der Waals surface area (Å²) in [6.07, 6.45) is 10.8. The van der Waals surface area contributed by atoms with E-state index in [1.807, 2.05) is 6.08 Å². The maximum Gasteiger partial charge on any atom is -0.0131 e. The van der Waals surface area contributed by atoms with Crippen LogP contribution in [0.1, 0.15) is 39.2 Å². The molecule has 0 atom stereocenters. The summed E-state index contributed by atoms with van der Waals surface area (Å²) in [5, 5.41) is 0. The molecule has 0 heterocycles. The Hall–Kier alpha value is -1.56. The monoisotopic (exact) mass is 240 g/mol. The molecule has 1 aromatic carbocycles. The molecule has 2 rings (SSSR count). The van der Waals surface area contributed by atoms with Crippen LogP contribution in [0.4, 0.5) is 0 Å². The second-order valence-electron chi connectivity index (χ2n) is 5.28. The maximum absolute atomic E-state index is 3.48. The van der Waals surface area contributed by atoms with Gasteiger partial charge in [0.15, 0.2) is 0 Å². The zero-order valence-electron chi connectivity index (χ0n) is 11.8. The summed E-state index contributed by atoms with van der Waals surface area (Å²) in [5.74, 6) is 0. The van der Waals surface area contributed by atoms with Crippen LogP contribution in [0.3, 0.4) is 0 Å². The maximum atomic E-state index is 3.48. The van der Waals surface area contributed by atoms with Crippen LogP contribution in [0.2, 0.25) is 0 Å². The average Bonchev–Trinajstić information content (AvgIpc) is 2.39. The summed E-state index contributed by atoms with van der Waals surface area (Å²) in [6, 6.07) is 10.6. The second-order valence-corrected chi connectivity index (χ2v) is 5.28. The Kier molecular flexibility index (Phi) is 5.64. The molecule has 0 bridgehead atoms. The Morgan fingerprint density at radius 3 is 2.33 bits per heavy atom. The molecule has 0 saturated heterocycles. The zero-order chi connectivity index (χ0) is 13.4. The average molecular weight is 240 g/mol. The molecule has 0 aliphatic heterocycles. The quantitative estimate of drug-likeness (QED) is 0.587. The van der Waals surface area contributed by atoms with Crippen molar-refractivity contribution in [1.29, 1.82) is 0 Å². The zero-order valence-corrected chi connectivity index (χ0v) is 11.8. The van der Waals surface area contributed by atoms with Gasteiger partial charge in [-0.1, -0.05) is 75.4 Å². The Morgan fingerprint density at radius 1 is 1.22 bits per heavy atom. The van der Waals surface area contributed by atoms with Gasteiger partial charge in [-0.15, -0.1) is 6.58 Å². The molecular formula is C18H24. The standard InChI is InChI=1S/C14H16.C4H8/c1-14(2)10-6-9-13(11-14)12-7-4-3-5-8-12;1-3-4-2/h3-10H,11H2,1-2H3;3H,1,4H2,2H3. The third kappa shape index (κ3) is 4.75. The van der Waals surface area contributed by atoms with Crippen LogP contribution in [0, 0.1) is 5.41 Å². The van der Waals surface area contributed by atoms with Crippen molar-refractivity contribution in [2.24, 2.45) is 5.41 Å². The van der Waals surface area contributed by atoms with Gasteiger partial charge in [0.2, 0.25) is 0 Å². The minimum absolute atomic E-state index is 0.305. The van der Waals surface area contributed by atoms with E-state index in [0.717, 1.165) is 12.8 Å². The molecule has 0 aromatic heterocycles. The van der Waals surface area contributed by atoms with Crippen LogP contribution in [0.15, 0.2) is 61.2 Å². The van der Waals surface area contributed by atoms with E-state index in [1.165, 1.54) is 11.1 Å². The molecule has 96 valence electrons. The van der Waals surface area contributed by atoms with Crippen molar-refractivity contribution in [2.45, 2.75) is 33.6 Å². The van der Waals surface area contributed by atoms with Gasteiger partial charge in [0.25, 0.3) is 0 Å². The normalized spacial score (nSPS) is 16.3. The molecule has 0 spiro atoms. The molecule has 18 heavy (non-hydrogen) atoms. The molecule has 0 radical (unpaired) electrons. The molecule has 0 nitrogen and oxygen atoms in total. The van der Waals surface area contributed by atoms with Crippen molar-refractivity contribution in [3.05, 3.63) is 66.8 Å². The highest BCUT2D eigenvalue weighted by atomic mass is 14.2. The number of rotatable bonds is 2. The summed E-state index contributed by atoms with van der Waals surface area (Å²) in [6.45, 7) is 10.1. The van der Waals surface area contributed by atoms with E-state index in [-0.39, 0.29) is 0 Å². The summed E-state index contributed by atoms with van der Waals surface area (Å²) in [7, 11) is 0. The third-order valence-corrected chi connectivity index (χ3v) is 2.92. The van der Waals surface area contributed by atoms with Gasteiger partial charge >= 0.3 is 0 Å². The SMILES string of the molecule is C=CCC.CC1(C)C=CC=C(c2ccccc2)C1. The van der Waals surface area contributed by atoms with E-state index in [9.17, 15) is 0 Å². The predicted molar refractivity (Wildman–Crippen MR) is 82.4 cm³/mol. The molecule has 1 aliphatic carbocycles. The minimum atomic E-state index is 0.305. The lowest BCUT2D eigenvalue weighted by atomic mass is 9.80. The molecular weight excluding hydrogens is 216 g/mol. The topological polar surface area (TPSA) is 0 Å². The fourth-order valence-corrected chi connectivity index (χ4v) is 1.88. The molecule has 0 N–H and O–H groups in total. The smallest absolute Gasteiger partial charge is 0.0131 e. The highest BCUT2D eigenvalue weighted by Gasteiger charge is 2.19. The van der Waals surface area contributed by atoms with E-state index >= 15 is 0 Å². The molecule has 0 amide bonds. The van der Waals surface area contributed by atoms with Gasteiger partial charge in [-0.25, -0.2) is 0 Å². The van der Waals surface area contributed by atoms with Crippen molar-refractivity contribution in [3.63, 3.8) is 0 Å². The minimum Gasteiger partial charge on any atom is -0.103 e. The molecule has 1 aliphatic rings. The van der Waals surface area contributed by atoms with E-state index in [2.05, 4.69) is 75.9 Å². The first kappa shape index (κ1) is 14.5. The summed E-state index contributed by atoms with van der Waals surface area (Å²) < 4.78 is 0. The van der Waals surface area contributed by atoms with E-state index < -0.39 is 0 Å². The first-order valence-corrected chi connectivity index (χ1v) is 6.64. The lowest BCUT2D eigenvalue weighted by Gasteiger charge is -2.25. The van der Waals surface area contributed by atoms with Gasteiger partial charge in [-0.3, -0.25) is 0 Å². The van der Waals surface area contributed by atoms with Crippen LogP contribution in [0.25, 0.3) is 5.57 Å². The Bertz CT molecular complexity index is 419. The summed E-state index contributed by atoms with van der Waals surface area (Å²) in [5.41, 5.74) is 3.10. The van der Waals surface area contributed by atoms with Crippen molar-refractivity contribution in [2.75, 3.05) is 0 Å². The first-order valence-electron chi connectivity index (χ1n) is 6.64. The number of hydrogen-bond acceptors (Lipinski definition) is 0. The van der Waals surface area contributed by atoms with Crippen LogP contribution in [-0.4, -0.2) is 0 Å². The van der Waals surface area contributed by atoms with Crippen LogP contribution in [-0.2, 0) is 0 Å². The van der Waals surface area contributed by atoms with Crippen molar-refractivity contribution in [3.8, 4) is 0 Å². The van der Waals surface area contributed by atoms with Gasteiger partial charge in [0, 0.05) is 0 Å². The molecule has 0 unspecified atom stereocenters. The highest BCUT2D eigenvalue weighted by molar-refractivity contribution is 5.69. The van der Waals surface area contributed by atoms with Crippen LogP contribution < -0.4 is 0 Å².